The first-order chi connectivity index (χ1) is 17.8. The number of pyridine rings is 1. The summed E-state index contributed by atoms with van der Waals surface area (Å²) in [5.41, 5.74) is 12.1. The van der Waals surface area contributed by atoms with E-state index < -0.39 is 0 Å². The summed E-state index contributed by atoms with van der Waals surface area (Å²) in [6.45, 7) is 6.22. The molecular formula is C30H28N6O. The van der Waals surface area contributed by atoms with Crippen LogP contribution in [0.5, 0.6) is 0 Å². The van der Waals surface area contributed by atoms with Gasteiger partial charge in [-0.3, -0.25) is 14.8 Å². The highest BCUT2D eigenvalue weighted by atomic mass is 16.1. The van der Waals surface area contributed by atoms with Crippen molar-refractivity contribution in [1.82, 2.24) is 14.5 Å². The number of aryl methyl sites for hydroxylation is 3. The third kappa shape index (κ3) is 4.47. The molecule has 0 saturated carbocycles. The first-order valence-corrected chi connectivity index (χ1v) is 12.1. The minimum absolute atomic E-state index is 0.0726. The number of nitrogens with zero attached hydrogens (tertiary/aromatic N) is 3. The predicted octanol–water partition coefficient (Wildman–Crippen LogP) is 5.32. The molecule has 0 unspecified atom stereocenters. The molecule has 184 valence electrons. The van der Waals surface area contributed by atoms with E-state index in [4.69, 9.17) is 11.1 Å². The van der Waals surface area contributed by atoms with Crippen molar-refractivity contribution in [3.8, 4) is 5.69 Å². The Kier molecular flexibility index (Phi) is 6.27. The zero-order valence-corrected chi connectivity index (χ0v) is 21.0. The van der Waals surface area contributed by atoms with Gasteiger partial charge >= 0.3 is 0 Å². The van der Waals surface area contributed by atoms with E-state index in [1.165, 1.54) is 6.33 Å². The molecule has 3 aromatic carbocycles. The van der Waals surface area contributed by atoms with Gasteiger partial charge in [-0.25, -0.2) is 9.97 Å². The summed E-state index contributed by atoms with van der Waals surface area (Å²) < 4.78 is 1.76. The lowest BCUT2D eigenvalue weighted by molar-refractivity contribution is 0.883. The molecule has 2 aromatic heterocycles. The van der Waals surface area contributed by atoms with Gasteiger partial charge in [-0.05, 0) is 55.5 Å². The molecule has 0 bridgehead atoms. The van der Waals surface area contributed by atoms with Crippen molar-refractivity contribution < 1.29 is 0 Å². The third-order valence-electron chi connectivity index (χ3n) is 6.56. The average molecular weight is 489 g/mol. The van der Waals surface area contributed by atoms with Crippen LogP contribution in [0.4, 0.5) is 11.6 Å². The highest BCUT2D eigenvalue weighted by Crippen LogP contribution is 2.25. The quantitative estimate of drug-likeness (QED) is 0.280. The molecule has 2 heterocycles. The second-order valence-corrected chi connectivity index (χ2v) is 9.18. The van der Waals surface area contributed by atoms with E-state index in [-0.39, 0.29) is 23.6 Å². The van der Waals surface area contributed by atoms with E-state index in [9.17, 15) is 4.79 Å². The molecule has 0 saturated heterocycles. The molecule has 4 N–H and O–H groups in total. The van der Waals surface area contributed by atoms with Gasteiger partial charge in [0, 0.05) is 11.3 Å². The lowest BCUT2D eigenvalue weighted by Gasteiger charge is -2.19. The van der Waals surface area contributed by atoms with Gasteiger partial charge in [-0.1, -0.05) is 60.2 Å². The number of anilines is 2. The van der Waals surface area contributed by atoms with Crippen molar-refractivity contribution in [1.29, 1.82) is 5.41 Å². The molecule has 5 rings (SSSR count). The Morgan fingerprint density at radius 3 is 2.49 bits per heavy atom. The largest absolute Gasteiger partial charge is 0.383 e. The van der Waals surface area contributed by atoms with Gasteiger partial charge in [0.25, 0.3) is 5.56 Å². The lowest BCUT2D eigenvalue weighted by Crippen LogP contribution is -2.25. The minimum Gasteiger partial charge on any atom is -0.383 e. The van der Waals surface area contributed by atoms with Crippen LogP contribution < -0.4 is 16.6 Å². The van der Waals surface area contributed by atoms with Crippen LogP contribution in [0.2, 0.25) is 0 Å². The fourth-order valence-corrected chi connectivity index (χ4v) is 4.70. The van der Waals surface area contributed by atoms with E-state index in [1.54, 1.807) is 4.57 Å². The van der Waals surface area contributed by atoms with Gasteiger partial charge in [0.2, 0.25) is 0 Å². The van der Waals surface area contributed by atoms with Gasteiger partial charge < -0.3 is 11.1 Å². The monoisotopic (exact) mass is 488 g/mol. The minimum atomic E-state index is -0.0726. The zero-order chi connectivity index (χ0) is 26.1. The molecule has 5 aromatic rings. The van der Waals surface area contributed by atoms with E-state index in [0.29, 0.717) is 16.8 Å². The number of nitrogens with two attached hydrogens (primary N) is 1. The third-order valence-corrected chi connectivity index (χ3v) is 6.56. The van der Waals surface area contributed by atoms with Crippen molar-refractivity contribution >= 4 is 28.1 Å². The summed E-state index contributed by atoms with van der Waals surface area (Å²) in [5, 5.41) is 13.8. The maximum absolute atomic E-state index is 13.8. The summed E-state index contributed by atoms with van der Waals surface area (Å²) in [6, 6.07) is 23.4. The van der Waals surface area contributed by atoms with E-state index in [0.717, 1.165) is 39.0 Å². The molecule has 0 fully saturated rings. The normalized spacial score (nSPS) is 11.0. The fraction of sp³-hybridized carbons (Fsp3) is 0.133. The molecule has 7 nitrogen and oxygen atoms in total. The van der Waals surface area contributed by atoms with E-state index >= 15 is 0 Å². The first kappa shape index (κ1) is 23.9. The second kappa shape index (κ2) is 9.70. The molecule has 0 amide bonds. The van der Waals surface area contributed by atoms with Crippen molar-refractivity contribution in [2.24, 2.45) is 0 Å². The topological polar surface area (TPSA) is 110 Å². The predicted molar refractivity (Wildman–Crippen MR) is 150 cm³/mol. The molecule has 7 heteroatoms. The number of aromatic nitrogens is 3. The maximum Gasteiger partial charge on any atom is 0.263 e. The molecular weight excluding hydrogens is 460 g/mol. The van der Waals surface area contributed by atoms with Crippen molar-refractivity contribution in [3.63, 3.8) is 0 Å². The summed E-state index contributed by atoms with van der Waals surface area (Å²) in [6.07, 6.45) is 1.38. The average Bonchev–Trinajstić information content (AvgIpc) is 2.88. The van der Waals surface area contributed by atoms with Crippen molar-refractivity contribution in [2.45, 2.75) is 27.3 Å². The van der Waals surface area contributed by atoms with Crippen LogP contribution in [0.1, 0.15) is 33.5 Å². The Bertz CT molecular complexity index is 1720. The molecule has 37 heavy (non-hydrogen) atoms. The Labute approximate surface area is 215 Å². The zero-order valence-electron chi connectivity index (χ0n) is 21.0. The number of fused-ring (bicyclic) bond motifs is 1. The Hall–Kier alpha value is -4.78. The lowest BCUT2D eigenvalue weighted by atomic mass is 10.0. The van der Waals surface area contributed by atoms with Gasteiger partial charge in [0.15, 0.2) is 0 Å². The number of nitrogens with one attached hydrogen (secondary N) is 2. The van der Waals surface area contributed by atoms with Crippen LogP contribution in [0.25, 0.3) is 16.5 Å². The molecule has 0 aliphatic heterocycles. The number of hydrogen-bond donors (Lipinski definition) is 3. The number of para-hydroxylation sites is 1. The Balaban J connectivity index is 1.62. The Morgan fingerprint density at radius 1 is 0.946 bits per heavy atom. The molecule has 0 radical (unpaired) electrons. The van der Waals surface area contributed by atoms with E-state index in [1.807, 2.05) is 93.6 Å². The number of benzene rings is 3. The molecule has 0 spiro atoms. The highest BCUT2D eigenvalue weighted by Gasteiger charge is 2.18. The maximum atomic E-state index is 13.8. The van der Waals surface area contributed by atoms with Gasteiger partial charge in [0.1, 0.15) is 18.0 Å². The number of rotatable bonds is 6. The van der Waals surface area contributed by atoms with Crippen molar-refractivity contribution in [3.05, 3.63) is 123 Å². The van der Waals surface area contributed by atoms with Gasteiger partial charge in [-0.15, -0.1) is 0 Å². The summed E-state index contributed by atoms with van der Waals surface area (Å²) in [5.74, 6) is 0.654. The fourth-order valence-electron chi connectivity index (χ4n) is 4.70. The molecule has 0 aliphatic carbocycles. The summed E-state index contributed by atoms with van der Waals surface area (Å²) in [4.78, 5) is 22.4. The Morgan fingerprint density at radius 2 is 1.70 bits per heavy atom. The molecule has 0 atom stereocenters. The van der Waals surface area contributed by atoms with Gasteiger partial charge in [-0.2, -0.15) is 0 Å². The van der Waals surface area contributed by atoms with Gasteiger partial charge in [0.05, 0.1) is 28.9 Å². The van der Waals surface area contributed by atoms with E-state index in [2.05, 4.69) is 15.3 Å². The van der Waals surface area contributed by atoms with Crippen LogP contribution in [0, 0.1) is 26.2 Å². The van der Waals surface area contributed by atoms with Crippen LogP contribution in [0.3, 0.4) is 0 Å². The second-order valence-electron chi connectivity index (χ2n) is 9.18. The van der Waals surface area contributed by atoms with Crippen LogP contribution in [0.15, 0.2) is 83.9 Å². The standard InChI is InChI=1S/C30H28N6O/c1-18-8-6-12-22(14-18)27(31)26-28(32)34-17-35-29(26)33-16-23-15-21-11-7-10-20(3)25(21)30(37)36(23)24-13-5-4-9-19(24)2/h4-15,17,31H,16H2,1-3H3,(H3,32,33,34,35). The SMILES string of the molecule is Cc1cccc(C(=N)c2c(N)ncnc2NCc2cc3cccc(C)c3c(=O)n2-c2ccccc2C)c1. The number of nitrogen functional groups attached to an aromatic ring is 1. The summed E-state index contributed by atoms with van der Waals surface area (Å²) >= 11 is 0. The first-order valence-electron chi connectivity index (χ1n) is 12.1. The number of hydrogen-bond acceptors (Lipinski definition) is 6. The van der Waals surface area contributed by atoms with Crippen LogP contribution >= 0.6 is 0 Å². The van der Waals surface area contributed by atoms with Crippen molar-refractivity contribution in [2.75, 3.05) is 11.1 Å². The smallest absolute Gasteiger partial charge is 0.263 e. The van der Waals surface area contributed by atoms with Crippen LogP contribution in [-0.4, -0.2) is 20.2 Å². The van der Waals surface area contributed by atoms with Crippen LogP contribution in [-0.2, 0) is 6.54 Å². The summed E-state index contributed by atoms with van der Waals surface area (Å²) in [7, 11) is 0. The highest BCUT2D eigenvalue weighted by molar-refractivity contribution is 6.16. The molecule has 0 aliphatic rings.